The van der Waals surface area contributed by atoms with E-state index in [2.05, 4.69) is 91.8 Å². The molecule has 1 aliphatic rings. The zero-order valence-electron chi connectivity index (χ0n) is 24.2. The first kappa shape index (κ1) is 28.4. The van der Waals surface area contributed by atoms with Crippen LogP contribution >= 0.6 is 7.92 Å². The summed E-state index contributed by atoms with van der Waals surface area (Å²) < 4.78 is 0. The Morgan fingerprint density at radius 2 is 1.40 bits per heavy atom. The number of rotatable bonds is 11. The Morgan fingerprint density at radius 3 is 1.91 bits per heavy atom. The van der Waals surface area contributed by atoms with Crippen LogP contribution in [0.4, 0.5) is 0 Å². The third kappa shape index (κ3) is 6.80. The predicted molar refractivity (Wildman–Crippen MR) is 161 cm³/mol. The van der Waals surface area contributed by atoms with Crippen molar-refractivity contribution in [2.45, 2.75) is 142 Å². The van der Waals surface area contributed by atoms with Crippen LogP contribution in [0.15, 0.2) is 36.4 Å². The van der Waals surface area contributed by atoms with E-state index in [1.807, 2.05) is 0 Å². The van der Waals surface area contributed by atoms with Crippen molar-refractivity contribution in [3.05, 3.63) is 53.1 Å². The second-order valence-electron chi connectivity index (χ2n) is 12.0. The van der Waals surface area contributed by atoms with Gasteiger partial charge in [-0.05, 0) is 87.9 Å². The fourth-order valence-electron chi connectivity index (χ4n) is 6.21. The molecule has 0 N–H and O–H groups in total. The third-order valence-corrected chi connectivity index (χ3v) is 12.0. The summed E-state index contributed by atoms with van der Waals surface area (Å²) in [4.78, 5) is 0. The maximum absolute atomic E-state index is 2.55. The van der Waals surface area contributed by atoms with Gasteiger partial charge in [-0.25, -0.2) is 0 Å². The highest BCUT2D eigenvalue weighted by atomic mass is 31.1. The molecule has 1 heteroatoms. The lowest BCUT2D eigenvalue weighted by Crippen LogP contribution is -2.26. The molecule has 2 unspecified atom stereocenters. The van der Waals surface area contributed by atoms with Gasteiger partial charge in [0.15, 0.2) is 0 Å². The topological polar surface area (TPSA) is 0 Å². The Hall–Kier alpha value is -1.13. The molecule has 2 aromatic rings. The normalized spacial score (nSPS) is 16.9. The monoisotopic (exact) mass is 492 g/mol. The molecule has 0 heterocycles. The maximum atomic E-state index is 2.55. The van der Waals surface area contributed by atoms with Crippen molar-refractivity contribution < 1.29 is 0 Å². The summed E-state index contributed by atoms with van der Waals surface area (Å²) in [6.45, 7) is 19.1. The van der Waals surface area contributed by atoms with Crippen molar-refractivity contribution in [3.8, 4) is 11.1 Å². The Kier molecular flexibility index (Phi) is 10.9. The standard InChI is InChI=1S/C34H53P/c1-9-11-17-28(10-2)35(29-18-13-12-14-19-29)33-21-16-15-20-30(33)34-31(25(5)6)22-27(24(3)4)23-32(34)26(7)8/h15-16,20-26,28-29H,9-14,17-19H2,1-8H3. The molecule has 2 atom stereocenters. The van der Waals surface area contributed by atoms with Crippen LogP contribution in [0.1, 0.15) is 148 Å². The van der Waals surface area contributed by atoms with E-state index in [1.54, 1.807) is 27.6 Å². The van der Waals surface area contributed by atoms with Gasteiger partial charge in [-0.1, -0.05) is 132 Å². The van der Waals surface area contributed by atoms with E-state index in [4.69, 9.17) is 0 Å². The molecule has 0 aliphatic heterocycles. The zero-order chi connectivity index (χ0) is 25.5. The largest absolute Gasteiger partial charge is 0.0683 e. The van der Waals surface area contributed by atoms with Gasteiger partial charge in [0.1, 0.15) is 0 Å². The average Bonchev–Trinajstić information content (AvgIpc) is 2.86. The van der Waals surface area contributed by atoms with E-state index in [-0.39, 0.29) is 7.92 Å². The quantitative estimate of drug-likeness (QED) is 0.274. The van der Waals surface area contributed by atoms with Crippen LogP contribution in [0.2, 0.25) is 0 Å². The summed E-state index contributed by atoms with van der Waals surface area (Å²) in [5, 5.41) is 1.72. The molecular formula is C34H53P. The van der Waals surface area contributed by atoms with Crippen LogP contribution in [0.5, 0.6) is 0 Å². The Bertz CT molecular complexity index is 887. The fourth-order valence-corrected chi connectivity index (χ4v) is 10.1. The van der Waals surface area contributed by atoms with E-state index < -0.39 is 0 Å². The highest BCUT2D eigenvalue weighted by Gasteiger charge is 2.33. The number of benzene rings is 2. The lowest BCUT2D eigenvalue weighted by atomic mass is 9.82. The summed E-state index contributed by atoms with van der Waals surface area (Å²) in [5.74, 6) is 1.61. The van der Waals surface area contributed by atoms with E-state index in [1.165, 1.54) is 63.4 Å². The van der Waals surface area contributed by atoms with Crippen molar-refractivity contribution in [1.29, 1.82) is 0 Å². The molecular weight excluding hydrogens is 439 g/mol. The van der Waals surface area contributed by atoms with Crippen molar-refractivity contribution in [1.82, 2.24) is 0 Å². The summed E-state index contributed by atoms with van der Waals surface area (Å²) in [6, 6.07) is 14.8. The Balaban J connectivity index is 2.26. The average molecular weight is 493 g/mol. The summed E-state index contributed by atoms with van der Waals surface area (Å²) in [6.07, 6.45) is 12.6. The molecule has 2 aromatic carbocycles. The van der Waals surface area contributed by atoms with Crippen LogP contribution in [-0.4, -0.2) is 11.3 Å². The molecule has 1 aliphatic carbocycles. The Morgan fingerprint density at radius 1 is 0.800 bits per heavy atom. The van der Waals surface area contributed by atoms with Gasteiger partial charge < -0.3 is 0 Å². The van der Waals surface area contributed by atoms with Gasteiger partial charge >= 0.3 is 0 Å². The SMILES string of the molecule is CCCCC(CC)P(c1ccccc1-c1c(C(C)C)cc(C(C)C)cc1C(C)C)C1CCCCC1. The lowest BCUT2D eigenvalue weighted by molar-refractivity contribution is 0.507. The minimum atomic E-state index is -0.177. The van der Waals surface area contributed by atoms with Gasteiger partial charge in [0, 0.05) is 0 Å². The first-order valence-electron chi connectivity index (χ1n) is 14.8. The van der Waals surface area contributed by atoms with Gasteiger partial charge in [0.05, 0.1) is 0 Å². The molecule has 3 rings (SSSR count). The first-order chi connectivity index (χ1) is 16.8. The van der Waals surface area contributed by atoms with Gasteiger partial charge in [-0.15, -0.1) is 0 Å². The minimum absolute atomic E-state index is 0.177. The van der Waals surface area contributed by atoms with Crippen molar-refractivity contribution in [2.24, 2.45) is 0 Å². The molecule has 0 spiro atoms. The van der Waals surface area contributed by atoms with Crippen LogP contribution in [0, 0.1) is 0 Å². The summed E-state index contributed by atoms with van der Waals surface area (Å²) in [5.41, 5.74) is 9.53. The number of hydrogen-bond donors (Lipinski definition) is 0. The molecule has 0 bridgehead atoms. The van der Waals surface area contributed by atoms with Crippen LogP contribution in [0.25, 0.3) is 11.1 Å². The summed E-state index contributed by atoms with van der Waals surface area (Å²) >= 11 is 0. The summed E-state index contributed by atoms with van der Waals surface area (Å²) in [7, 11) is -0.177. The molecule has 1 saturated carbocycles. The van der Waals surface area contributed by atoms with Crippen LogP contribution in [-0.2, 0) is 0 Å². The first-order valence-corrected chi connectivity index (χ1v) is 16.3. The highest BCUT2D eigenvalue weighted by Crippen LogP contribution is 2.55. The minimum Gasteiger partial charge on any atom is -0.0683 e. The maximum Gasteiger partial charge on any atom is -0.0101 e. The zero-order valence-corrected chi connectivity index (χ0v) is 25.1. The number of hydrogen-bond acceptors (Lipinski definition) is 0. The smallest absolute Gasteiger partial charge is 0.0101 e. The lowest BCUT2D eigenvalue weighted by Gasteiger charge is -2.38. The second-order valence-corrected chi connectivity index (χ2v) is 14.7. The fraction of sp³-hybridized carbons (Fsp3) is 0.647. The van der Waals surface area contributed by atoms with Crippen molar-refractivity contribution in [3.63, 3.8) is 0 Å². The van der Waals surface area contributed by atoms with Gasteiger partial charge in [-0.2, -0.15) is 0 Å². The van der Waals surface area contributed by atoms with E-state index >= 15 is 0 Å². The van der Waals surface area contributed by atoms with E-state index in [0.29, 0.717) is 17.8 Å². The van der Waals surface area contributed by atoms with Crippen LogP contribution in [0.3, 0.4) is 0 Å². The van der Waals surface area contributed by atoms with Crippen molar-refractivity contribution >= 4 is 13.2 Å². The van der Waals surface area contributed by atoms with Crippen molar-refractivity contribution in [2.75, 3.05) is 0 Å². The van der Waals surface area contributed by atoms with Gasteiger partial charge in [0.2, 0.25) is 0 Å². The predicted octanol–water partition coefficient (Wildman–Crippen LogP) is 11.1. The van der Waals surface area contributed by atoms with Gasteiger partial charge in [-0.3, -0.25) is 0 Å². The molecule has 0 aromatic heterocycles. The number of unbranched alkanes of at least 4 members (excludes halogenated alkanes) is 1. The van der Waals surface area contributed by atoms with Crippen LogP contribution < -0.4 is 5.30 Å². The van der Waals surface area contributed by atoms with E-state index in [0.717, 1.165) is 11.3 Å². The molecule has 35 heavy (non-hydrogen) atoms. The second kappa shape index (κ2) is 13.4. The Labute approximate surface area is 219 Å². The third-order valence-electron chi connectivity index (χ3n) is 8.31. The highest BCUT2D eigenvalue weighted by molar-refractivity contribution is 7.67. The molecule has 0 radical (unpaired) electrons. The molecule has 0 amide bonds. The molecule has 194 valence electrons. The molecule has 0 nitrogen and oxygen atoms in total. The molecule has 0 saturated heterocycles. The van der Waals surface area contributed by atoms with E-state index in [9.17, 15) is 0 Å². The molecule has 1 fully saturated rings. The van der Waals surface area contributed by atoms with Gasteiger partial charge in [0.25, 0.3) is 0 Å².